The summed E-state index contributed by atoms with van der Waals surface area (Å²) in [5, 5.41) is 0. The van der Waals surface area contributed by atoms with Gasteiger partial charge in [-0.3, -0.25) is 9.69 Å². The first-order valence-electron chi connectivity index (χ1n) is 6.79. The molecule has 2 atom stereocenters. The van der Waals surface area contributed by atoms with E-state index in [9.17, 15) is 4.79 Å². The second-order valence-corrected chi connectivity index (χ2v) is 5.83. The molecule has 1 rings (SSSR count). The number of nitrogens with zero attached hydrogens (tertiary/aromatic N) is 1. The second kappa shape index (κ2) is 5.81. The molecule has 0 bridgehead atoms. The summed E-state index contributed by atoms with van der Waals surface area (Å²) in [4.78, 5) is 14.7. The van der Waals surface area contributed by atoms with E-state index in [0.29, 0.717) is 18.1 Å². The molecular weight excluding hydrogens is 210 g/mol. The van der Waals surface area contributed by atoms with Crippen molar-refractivity contribution in [3.05, 3.63) is 12.2 Å². The first kappa shape index (κ1) is 14.4. The number of hydrogen-bond donors (Lipinski definition) is 0. The van der Waals surface area contributed by atoms with Crippen LogP contribution in [0.15, 0.2) is 12.2 Å². The van der Waals surface area contributed by atoms with Gasteiger partial charge in [0.2, 0.25) is 0 Å². The Kier molecular flexibility index (Phi) is 4.93. The van der Waals surface area contributed by atoms with E-state index in [0.717, 1.165) is 24.8 Å². The van der Waals surface area contributed by atoms with Gasteiger partial charge in [-0.05, 0) is 39.3 Å². The van der Waals surface area contributed by atoms with E-state index in [1.165, 1.54) is 12.8 Å². The minimum absolute atomic E-state index is 0.226. The summed E-state index contributed by atoms with van der Waals surface area (Å²) in [5.74, 6) is 1.03. The lowest BCUT2D eigenvalue weighted by Crippen LogP contribution is -2.53. The quantitative estimate of drug-likeness (QED) is 0.683. The highest BCUT2D eigenvalue weighted by molar-refractivity contribution is 5.90. The lowest BCUT2D eigenvalue weighted by Gasteiger charge is -2.44. The predicted octanol–water partition coefficient (Wildman–Crippen LogP) is 3.42. The van der Waals surface area contributed by atoms with Crippen LogP contribution >= 0.6 is 0 Å². The molecule has 2 nitrogen and oxygen atoms in total. The predicted molar refractivity (Wildman–Crippen MR) is 73.1 cm³/mol. The molecule has 1 fully saturated rings. The molecular formula is C15H27NO. The van der Waals surface area contributed by atoms with Crippen molar-refractivity contribution in [1.82, 2.24) is 4.90 Å². The summed E-state index contributed by atoms with van der Waals surface area (Å²) in [5.41, 5.74) is 0.838. The van der Waals surface area contributed by atoms with E-state index in [1.54, 1.807) is 0 Å². The third kappa shape index (κ3) is 3.19. The Morgan fingerprint density at radius 2 is 2.12 bits per heavy atom. The molecule has 0 saturated heterocycles. The van der Waals surface area contributed by atoms with Gasteiger partial charge < -0.3 is 0 Å². The van der Waals surface area contributed by atoms with E-state index in [1.807, 2.05) is 14.1 Å². The number of likely N-dealkylation sites (N-methyl/N-ethyl adjacent to an activating group) is 1. The Morgan fingerprint density at radius 3 is 2.59 bits per heavy atom. The molecule has 17 heavy (non-hydrogen) atoms. The molecule has 0 N–H and O–H groups in total. The van der Waals surface area contributed by atoms with Crippen molar-refractivity contribution in [2.45, 2.75) is 57.9 Å². The monoisotopic (exact) mass is 237 g/mol. The fourth-order valence-electron chi connectivity index (χ4n) is 2.95. The molecule has 0 amide bonds. The van der Waals surface area contributed by atoms with Crippen molar-refractivity contribution in [3.63, 3.8) is 0 Å². The molecule has 0 radical (unpaired) electrons. The van der Waals surface area contributed by atoms with Crippen LogP contribution in [0.2, 0.25) is 0 Å². The summed E-state index contributed by atoms with van der Waals surface area (Å²) in [6.07, 6.45) is 5.92. The van der Waals surface area contributed by atoms with Gasteiger partial charge >= 0.3 is 0 Å². The Balaban J connectivity index is 2.84. The van der Waals surface area contributed by atoms with Gasteiger partial charge in [0, 0.05) is 6.42 Å². The molecule has 2 heteroatoms. The maximum atomic E-state index is 12.6. The summed E-state index contributed by atoms with van der Waals surface area (Å²) < 4.78 is 0. The number of rotatable bonds is 5. The average molecular weight is 237 g/mol. The molecule has 98 valence electrons. The Bertz CT molecular complexity index is 295. The second-order valence-electron chi connectivity index (χ2n) is 5.83. The summed E-state index contributed by atoms with van der Waals surface area (Å²) in [6, 6.07) is 0. The van der Waals surface area contributed by atoms with Crippen LogP contribution in [0.1, 0.15) is 52.4 Å². The van der Waals surface area contributed by atoms with E-state index < -0.39 is 0 Å². The molecule has 0 heterocycles. The highest BCUT2D eigenvalue weighted by Crippen LogP contribution is 2.37. The Hall–Kier alpha value is -0.630. The van der Waals surface area contributed by atoms with Crippen LogP contribution in [0.4, 0.5) is 0 Å². The molecule has 0 aromatic heterocycles. The van der Waals surface area contributed by atoms with Crippen LogP contribution in [0.25, 0.3) is 0 Å². The number of Topliss-reactive ketones (excluding diaryl/α,β-unsaturated/α-hetero) is 1. The third-order valence-corrected chi connectivity index (χ3v) is 4.26. The zero-order valence-corrected chi connectivity index (χ0v) is 11.9. The lowest BCUT2D eigenvalue weighted by atomic mass is 9.72. The largest absolute Gasteiger partial charge is 0.297 e. The molecule has 2 unspecified atom stereocenters. The van der Waals surface area contributed by atoms with Crippen molar-refractivity contribution in [2.75, 3.05) is 14.1 Å². The van der Waals surface area contributed by atoms with Gasteiger partial charge in [0.1, 0.15) is 0 Å². The maximum Gasteiger partial charge on any atom is 0.157 e. The highest BCUT2D eigenvalue weighted by Gasteiger charge is 2.42. The molecule has 0 aliphatic heterocycles. The smallest absolute Gasteiger partial charge is 0.157 e. The maximum absolute atomic E-state index is 12.6. The van der Waals surface area contributed by atoms with Gasteiger partial charge in [0.15, 0.2) is 5.78 Å². The number of allylic oxidation sites excluding steroid dienone is 1. The normalized spacial score (nSPS) is 29.4. The average Bonchev–Trinajstić information content (AvgIpc) is 2.28. The van der Waals surface area contributed by atoms with E-state index >= 15 is 0 Å². The molecule has 1 aliphatic carbocycles. The van der Waals surface area contributed by atoms with Crippen molar-refractivity contribution in [2.24, 2.45) is 5.92 Å². The van der Waals surface area contributed by atoms with Gasteiger partial charge in [0.05, 0.1) is 5.54 Å². The third-order valence-electron chi connectivity index (χ3n) is 4.26. The summed E-state index contributed by atoms with van der Waals surface area (Å²) in [6.45, 7) is 8.31. The first-order valence-corrected chi connectivity index (χ1v) is 6.79. The Labute approximate surface area is 106 Å². The number of hydrogen-bond acceptors (Lipinski definition) is 2. The van der Waals surface area contributed by atoms with Crippen molar-refractivity contribution in [1.29, 1.82) is 0 Å². The van der Waals surface area contributed by atoms with Gasteiger partial charge in [-0.2, -0.15) is 0 Å². The number of carbonyl (C=O) groups is 1. The van der Waals surface area contributed by atoms with Crippen LogP contribution in [0.5, 0.6) is 0 Å². The minimum atomic E-state index is -0.226. The molecule has 0 aromatic carbocycles. The van der Waals surface area contributed by atoms with Gasteiger partial charge in [-0.1, -0.05) is 38.8 Å². The molecule has 1 aliphatic rings. The number of carbonyl (C=O) groups excluding carboxylic acids is 1. The lowest BCUT2D eigenvalue weighted by molar-refractivity contribution is -0.132. The van der Waals surface area contributed by atoms with Gasteiger partial charge in [0.25, 0.3) is 0 Å². The fraction of sp³-hybridized carbons (Fsp3) is 0.800. The van der Waals surface area contributed by atoms with Crippen molar-refractivity contribution < 1.29 is 4.79 Å². The van der Waals surface area contributed by atoms with E-state index in [-0.39, 0.29) is 5.54 Å². The van der Waals surface area contributed by atoms with Crippen LogP contribution in [0, 0.1) is 5.92 Å². The minimum Gasteiger partial charge on any atom is -0.297 e. The van der Waals surface area contributed by atoms with Crippen LogP contribution < -0.4 is 0 Å². The zero-order valence-electron chi connectivity index (χ0n) is 11.9. The molecule has 0 aromatic rings. The SMILES string of the molecule is C=C(CC)CC(=O)C1(N(C)C)CCCC(C)C1. The van der Waals surface area contributed by atoms with Crippen molar-refractivity contribution in [3.8, 4) is 0 Å². The summed E-state index contributed by atoms with van der Waals surface area (Å²) in [7, 11) is 4.09. The van der Waals surface area contributed by atoms with Crippen molar-refractivity contribution >= 4 is 5.78 Å². The topological polar surface area (TPSA) is 20.3 Å². The number of ketones is 1. The molecule has 1 saturated carbocycles. The summed E-state index contributed by atoms with van der Waals surface area (Å²) >= 11 is 0. The first-order chi connectivity index (χ1) is 7.92. The van der Waals surface area contributed by atoms with E-state index in [4.69, 9.17) is 0 Å². The molecule has 0 spiro atoms. The fourth-order valence-corrected chi connectivity index (χ4v) is 2.95. The van der Waals surface area contributed by atoms with E-state index in [2.05, 4.69) is 25.3 Å². The van der Waals surface area contributed by atoms with Crippen LogP contribution in [-0.2, 0) is 4.79 Å². The standard InChI is InChI=1S/C15H27NO/c1-6-12(2)10-14(17)15(16(4)5)9-7-8-13(3)11-15/h13H,2,6-11H2,1,3-5H3. The van der Waals surface area contributed by atoms with Gasteiger partial charge in [-0.15, -0.1) is 0 Å². The van der Waals surface area contributed by atoms with Gasteiger partial charge in [-0.25, -0.2) is 0 Å². The zero-order chi connectivity index (χ0) is 13.1. The van der Waals surface area contributed by atoms with Crippen LogP contribution in [-0.4, -0.2) is 30.3 Å². The van der Waals surface area contributed by atoms with Crippen LogP contribution in [0.3, 0.4) is 0 Å². The Morgan fingerprint density at radius 1 is 1.47 bits per heavy atom. The highest BCUT2D eigenvalue weighted by atomic mass is 16.1.